The number of carbonyl (C=O) groups is 2. The number of hydrogen-bond donors (Lipinski definition) is 2. The third-order valence-corrected chi connectivity index (χ3v) is 6.06. The zero-order valence-corrected chi connectivity index (χ0v) is 18.5. The van der Waals surface area contributed by atoms with Crippen molar-refractivity contribution in [2.75, 3.05) is 48.3 Å². The number of para-hydroxylation sites is 2. The van der Waals surface area contributed by atoms with Crippen LogP contribution in [-0.2, 0) is 4.79 Å². The number of rotatable bonds is 6. The average Bonchev–Trinajstić information content (AvgIpc) is 3.36. The van der Waals surface area contributed by atoms with Gasteiger partial charge in [0.15, 0.2) is 0 Å². The summed E-state index contributed by atoms with van der Waals surface area (Å²) in [6.07, 6.45) is 6.09. The maximum atomic E-state index is 12.6. The van der Waals surface area contributed by atoms with Crippen molar-refractivity contribution in [3.8, 4) is 5.75 Å². The van der Waals surface area contributed by atoms with Crippen LogP contribution in [0.2, 0.25) is 0 Å². The number of pyridine rings is 1. The van der Waals surface area contributed by atoms with E-state index in [9.17, 15) is 9.59 Å². The van der Waals surface area contributed by atoms with Gasteiger partial charge in [-0.1, -0.05) is 25.0 Å². The van der Waals surface area contributed by atoms with Gasteiger partial charge in [-0.2, -0.15) is 0 Å². The lowest BCUT2D eigenvalue weighted by Gasteiger charge is -2.36. The Morgan fingerprint density at radius 1 is 1.03 bits per heavy atom. The van der Waals surface area contributed by atoms with E-state index < -0.39 is 0 Å². The lowest BCUT2D eigenvalue weighted by Crippen LogP contribution is -2.50. The first kappa shape index (κ1) is 21.9. The van der Waals surface area contributed by atoms with Gasteiger partial charge < -0.3 is 25.2 Å². The minimum absolute atomic E-state index is 0.233. The summed E-state index contributed by atoms with van der Waals surface area (Å²) in [4.78, 5) is 33.7. The third kappa shape index (κ3) is 5.30. The number of nitrogens with zero attached hydrogens (tertiary/aromatic N) is 3. The van der Waals surface area contributed by atoms with Crippen LogP contribution in [0.25, 0.3) is 0 Å². The fourth-order valence-electron chi connectivity index (χ4n) is 4.37. The van der Waals surface area contributed by atoms with Gasteiger partial charge in [-0.05, 0) is 44.0 Å². The average molecular weight is 438 g/mol. The van der Waals surface area contributed by atoms with Gasteiger partial charge in [-0.25, -0.2) is 9.78 Å². The largest absolute Gasteiger partial charge is 0.492 e. The first-order valence-corrected chi connectivity index (χ1v) is 11.4. The zero-order valence-electron chi connectivity index (χ0n) is 18.5. The minimum Gasteiger partial charge on any atom is -0.492 e. The van der Waals surface area contributed by atoms with Gasteiger partial charge in [-0.3, -0.25) is 4.79 Å². The molecule has 0 radical (unpaired) electrons. The lowest BCUT2D eigenvalue weighted by molar-refractivity contribution is -0.135. The molecule has 3 amide bonds. The quantitative estimate of drug-likeness (QED) is 0.714. The molecule has 0 atom stereocenters. The number of anilines is 3. The molecule has 2 aromatic rings. The summed E-state index contributed by atoms with van der Waals surface area (Å²) in [7, 11) is 0. The molecule has 1 saturated heterocycles. The molecule has 2 fully saturated rings. The SMILES string of the molecule is CCOc1ccccc1NC(=O)Nc1ccc(N2CCN(C(=O)C3CCCC3)CC2)nc1. The Labute approximate surface area is 188 Å². The summed E-state index contributed by atoms with van der Waals surface area (Å²) in [5, 5.41) is 5.61. The van der Waals surface area contributed by atoms with Gasteiger partial charge in [0.05, 0.1) is 24.2 Å². The van der Waals surface area contributed by atoms with E-state index in [1.54, 1.807) is 12.3 Å². The monoisotopic (exact) mass is 437 g/mol. The number of benzene rings is 1. The Bertz CT molecular complexity index is 919. The highest BCUT2D eigenvalue weighted by atomic mass is 16.5. The lowest BCUT2D eigenvalue weighted by atomic mass is 10.1. The Morgan fingerprint density at radius 3 is 2.47 bits per heavy atom. The van der Waals surface area contributed by atoms with Crippen LogP contribution in [0.5, 0.6) is 5.75 Å². The van der Waals surface area contributed by atoms with E-state index in [-0.39, 0.29) is 11.9 Å². The van der Waals surface area contributed by atoms with Crippen molar-refractivity contribution in [1.82, 2.24) is 9.88 Å². The molecular weight excluding hydrogens is 406 g/mol. The third-order valence-electron chi connectivity index (χ3n) is 6.06. The van der Waals surface area contributed by atoms with Crippen molar-refractivity contribution in [3.63, 3.8) is 0 Å². The zero-order chi connectivity index (χ0) is 22.3. The smallest absolute Gasteiger partial charge is 0.323 e. The van der Waals surface area contributed by atoms with Crippen molar-refractivity contribution < 1.29 is 14.3 Å². The maximum Gasteiger partial charge on any atom is 0.323 e. The molecule has 0 bridgehead atoms. The van der Waals surface area contributed by atoms with Crippen LogP contribution in [0.1, 0.15) is 32.6 Å². The number of nitrogens with one attached hydrogen (secondary N) is 2. The molecule has 8 nitrogen and oxygen atoms in total. The molecule has 32 heavy (non-hydrogen) atoms. The number of urea groups is 1. The molecule has 4 rings (SSSR count). The summed E-state index contributed by atoms with van der Waals surface area (Å²) >= 11 is 0. The second-order valence-corrected chi connectivity index (χ2v) is 8.21. The van der Waals surface area contributed by atoms with Crippen LogP contribution in [0, 0.1) is 5.92 Å². The topological polar surface area (TPSA) is 86.8 Å². The van der Waals surface area contributed by atoms with Gasteiger partial charge >= 0.3 is 6.03 Å². The molecule has 2 N–H and O–H groups in total. The molecule has 0 unspecified atom stereocenters. The second kappa shape index (κ2) is 10.3. The summed E-state index contributed by atoms with van der Waals surface area (Å²) in [6, 6.07) is 10.7. The number of hydrogen-bond acceptors (Lipinski definition) is 5. The highest BCUT2D eigenvalue weighted by Crippen LogP contribution is 2.27. The summed E-state index contributed by atoms with van der Waals surface area (Å²) in [6.45, 7) is 5.43. The predicted molar refractivity (Wildman–Crippen MR) is 125 cm³/mol. The first-order valence-electron chi connectivity index (χ1n) is 11.4. The molecule has 1 aliphatic carbocycles. The number of aromatic nitrogens is 1. The maximum absolute atomic E-state index is 12.6. The molecule has 170 valence electrons. The Hall–Kier alpha value is -3.29. The predicted octanol–water partition coefficient (Wildman–Crippen LogP) is 3.96. The van der Waals surface area contributed by atoms with Crippen LogP contribution in [0.15, 0.2) is 42.6 Å². The Morgan fingerprint density at radius 2 is 1.78 bits per heavy atom. The van der Waals surface area contributed by atoms with E-state index in [1.807, 2.05) is 42.2 Å². The van der Waals surface area contributed by atoms with Crippen LogP contribution < -0.4 is 20.3 Å². The highest BCUT2D eigenvalue weighted by molar-refractivity contribution is 6.00. The van der Waals surface area contributed by atoms with Gasteiger partial charge in [0.1, 0.15) is 11.6 Å². The molecule has 1 aliphatic heterocycles. The van der Waals surface area contributed by atoms with Gasteiger partial charge in [0.25, 0.3) is 0 Å². The van der Waals surface area contributed by atoms with E-state index in [2.05, 4.69) is 20.5 Å². The number of amides is 3. The van der Waals surface area contributed by atoms with Crippen molar-refractivity contribution in [3.05, 3.63) is 42.6 Å². The Balaban J connectivity index is 1.28. The van der Waals surface area contributed by atoms with Crippen molar-refractivity contribution in [2.24, 2.45) is 5.92 Å². The van der Waals surface area contributed by atoms with Crippen molar-refractivity contribution in [2.45, 2.75) is 32.6 Å². The van der Waals surface area contributed by atoms with Crippen LogP contribution in [0.3, 0.4) is 0 Å². The van der Waals surface area contributed by atoms with E-state index in [0.29, 0.717) is 29.6 Å². The number of carbonyl (C=O) groups excluding carboxylic acids is 2. The molecule has 2 heterocycles. The number of ether oxygens (including phenoxy) is 1. The van der Waals surface area contributed by atoms with Gasteiger partial charge in [0.2, 0.25) is 5.91 Å². The highest BCUT2D eigenvalue weighted by Gasteiger charge is 2.29. The Kier molecular flexibility index (Phi) is 7.09. The van der Waals surface area contributed by atoms with E-state index in [1.165, 1.54) is 12.8 Å². The minimum atomic E-state index is -0.356. The van der Waals surface area contributed by atoms with Crippen LogP contribution >= 0.6 is 0 Å². The fraction of sp³-hybridized carbons (Fsp3) is 0.458. The normalized spacial score (nSPS) is 16.7. The van der Waals surface area contributed by atoms with Crippen LogP contribution in [0.4, 0.5) is 22.0 Å². The van der Waals surface area contributed by atoms with Gasteiger partial charge in [0, 0.05) is 32.1 Å². The fourth-order valence-corrected chi connectivity index (χ4v) is 4.37. The molecule has 2 aliphatic rings. The molecule has 8 heteroatoms. The van der Waals surface area contributed by atoms with E-state index >= 15 is 0 Å². The van der Waals surface area contributed by atoms with Gasteiger partial charge in [-0.15, -0.1) is 0 Å². The van der Waals surface area contributed by atoms with Crippen molar-refractivity contribution >= 4 is 29.1 Å². The summed E-state index contributed by atoms with van der Waals surface area (Å²) < 4.78 is 5.54. The molecule has 0 spiro atoms. The molecule has 1 saturated carbocycles. The molecule has 1 aromatic heterocycles. The first-order chi connectivity index (χ1) is 15.6. The molecule has 1 aromatic carbocycles. The van der Waals surface area contributed by atoms with Crippen molar-refractivity contribution in [1.29, 1.82) is 0 Å². The van der Waals surface area contributed by atoms with E-state index in [0.717, 1.165) is 44.8 Å². The summed E-state index contributed by atoms with van der Waals surface area (Å²) in [5.41, 5.74) is 1.22. The molecular formula is C24H31N5O3. The van der Waals surface area contributed by atoms with Crippen LogP contribution in [-0.4, -0.2) is 54.6 Å². The van der Waals surface area contributed by atoms with E-state index in [4.69, 9.17) is 4.74 Å². The number of piperazine rings is 1. The summed E-state index contributed by atoms with van der Waals surface area (Å²) in [5.74, 6) is 2.04. The second-order valence-electron chi connectivity index (χ2n) is 8.21. The standard InChI is InChI=1S/C24H31N5O3/c1-2-32-21-10-6-5-9-20(21)27-24(31)26-19-11-12-22(25-17-19)28-13-15-29(16-14-28)23(30)18-7-3-4-8-18/h5-6,9-12,17-18H,2-4,7-8,13-16H2,1H3,(H2,26,27,31).